The summed E-state index contributed by atoms with van der Waals surface area (Å²) in [6.45, 7) is 5.51. The molecular weight excluding hydrogens is 376 g/mol. The van der Waals surface area contributed by atoms with Crippen LogP contribution in [0.1, 0.15) is 16.7 Å². The summed E-state index contributed by atoms with van der Waals surface area (Å²) in [5.74, 6) is -1.02. The lowest BCUT2D eigenvalue weighted by Crippen LogP contribution is -2.22. The molecule has 0 aliphatic heterocycles. The Bertz CT molecular complexity index is 850. The second-order valence-electron chi connectivity index (χ2n) is 6.43. The number of aryl methyl sites for hydroxylation is 3. The summed E-state index contributed by atoms with van der Waals surface area (Å²) in [7, 11) is 0. The molecule has 0 bridgehead atoms. The van der Waals surface area contributed by atoms with Crippen molar-refractivity contribution in [2.75, 3.05) is 28.7 Å². The van der Waals surface area contributed by atoms with Crippen LogP contribution >= 0.6 is 11.8 Å². The van der Waals surface area contributed by atoms with E-state index in [4.69, 9.17) is 4.74 Å². The molecule has 2 amide bonds. The maximum absolute atomic E-state index is 12.0. The van der Waals surface area contributed by atoms with Crippen molar-refractivity contribution in [1.82, 2.24) is 0 Å². The molecule has 0 saturated carbocycles. The molecule has 0 saturated heterocycles. The Morgan fingerprint density at radius 2 is 1.54 bits per heavy atom. The Morgan fingerprint density at radius 3 is 2.21 bits per heavy atom. The molecule has 0 atom stereocenters. The van der Waals surface area contributed by atoms with Crippen LogP contribution in [0.15, 0.2) is 42.5 Å². The number of hydrogen-bond acceptors (Lipinski definition) is 5. The topological polar surface area (TPSA) is 84.5 Å². The number of thioether (sulfide) groups is 1. The zero-order valence-electron chi connectivity index (χ0n) is 16.2. The number of ether oxygens (including phenoxy) is 1. The second kappa shape index (κ2) is 10.5. The van der Waals surface area contributed by atoms with Crippen LogP contribution in [0.5, 0.6) is 0 Å². The van der Waals surface area contributed by atoms with Crippen LogP contribution < -0.4 is 10.6 Å². The van der Waals surface area contributed by atoms with E-state index in [-0.39, 0.29) is 24.0 Å². The molecule has 0 radical (unpaired) electrons. The molecule has 0 heterocycles. The van der Waals surface area contributed by atoms with Crippen LogP contribution in [0.4, 0.5) is 11.4 Å². The van der Waals surface area contributed by atoms with Crippen LogP contribution in [0.3, 0.4) is 0 Å². The van der Waals surface area contributed by atoms with Gasteiger partial charge in [0.15, 0.2) is 6.61 Å². The van der Waals surface area contributed by atoms with E-state index in [1.165, 1.54) is 0 Å². The molecule has 2 aromatic carbocycles. The molecule has 0 aliphatic rings. The predicted octanol–water partition coefficient (Wildman–Crippen LogP) is 3.47. The standard InChI is InChI=1S/C21H24N2O4S/c1-14-4-7-17(8-5-14)22-19(24)11-27-21(26)13-28-12-20(25)23-18-9-6-15(2)10-16(18)3/h4-10H,11-13H2,1-3H3,(H,22,24)(H,23,25). The molecule has 0 spiro atoms. The van der Waals surface area contributed by atoms with Gasteiger partial charge in [-0.1, -0.05) is 35.4 Å². The van der Waals surface area contributed by atoms with Crippen LogP contribution in [0, 0.1) is 20.8 Å². The monoisotopic (exact) mass is 400 g/mol. The smallest absolute Gasteiger partial charge is 0.316 e. The van der Waals surface area contributed by atoms with Crippen molar-refractivity contribution in [2.24, 2.45) is 0 Å². The van der Waals surface area contributed by atoms with E-state index in [0.717, 1.165) is 34.1 Å². The van der Waals surface area contributed by atoms with Crippen LogP contribution in [-0.4, -0.2) is 35.9 Å². The van der Waals surface area contributed by atoms with Crippen LogP contribution in [-0.2, 0) is 19.1 Å². The molecule has 0 aromatic heterocycles. The van der Waals surface area contributed by atoms with Crippen molar-refractivity contribution in [1.29, 1.82) is 0 Å². The third-order valence-corrected chi connectivity index (χ3v) is 4.71. The number of carbonyl (C=O) groups is 3. The third-order valence-electron chi connectivity index (χ3n) is 3.81. The van der Waals surface area contributed by atoms with Gasteiger partial charge < -0.3 is 15.4 Å². The minimum absolute atomic E-state index is 0.00187. The average Bonchev–Trinajstić information content (AvgIpc) is 2.64. The summed E-state index contributed by atoms with van der Waals surface area (Å²) in [4.78, 5) is 35.5. The maximum atomic E-state index is 12.0. The predicted molar refractivity (Wildman–Crippen MR) is 113 cm³/mol. The van der Waals surface area contributed by atoms with Gasteiger partial charge in [0, 0.05) is 11.4 Å². The van der Waals surface area contributed by atoms with Gasteiger partial charge in [0.1, 0.15) is 0 Å². The molecule has 0 aliphatic carbocycles. The number of anilines is 2. The highest BCUT2D eigenvalue weighted by Crippen LogP contribution is 2.16. The minimum atomic E-state index is -0.539. The Morgan fingerprint density at radius 1 is 0.857 bits per heavy atom. The van der Waals surface area contributed by atoms with Crippen molar-refractivity contribution in [2.45, 2.75) is 20.8 Å². The largest absolute Gasteiger partial charge is 0.455 e. The maximum Gasteiger partial charge on any atom is 0.316 e. The van der Waals surface area contributed by atoms with E-state index in [0.29, 0.717) is 5.69 Å². The summed E-state index contributed by atoms with van der Waals surface area (Å²) < 4.78 is 4.93. The molecule has 0 fully saturated rings. The van der Waals surface area contributed by atoms with Crippen LogP contribution in [0.25, 0.3) is 0 Å². The number of amides is 2. The summed E-state index contributed by atoms with van der Waals surface area (Å²) in [6.07, 6.45) is 0. The van der Waals surface area contributed by atoms with Crippen molar-refractivity contribution in [3.63, 3.8) is 0 Å². The van der Waals surface area contributed by atoms with Crippen molar-refractivity contribution >= 4 is 40.9 Å². The summed E-state index contributed by atoms with van der Waals surface area (Å²) in [5.41, 5.74) is 4.59. The van der Waals surface area contributed by atoms with Crippen LogP contribution in [0.2, 0.25) is 0 Å². The third kappa shape index (κ3) is 7.44. The zero-order chi connectivity index (χ0) is 20.5. The first kappa shape index (κ1) is 21.5. The van der Waals surface area contributed by atoms with Gasteiger partial charge in [0.25, 0.3) is 5.91 Å². The summed E-state index contributed by atoms with van der Waals surface area (Å²) in [6, 6.07) is 13.1. The molecule has 148 valence electrons. The number of nitrogens with one attached hydrogen (secondary N) is 2. The number of rotatable bonds is 8. The van der Waals surface area contributed by atoms with Gasteiger partial charge >= 0.3 is 5.97 Å². The van der Waals surface area contributed by atoms with E-state index in [1.54, 1.807) is 12.1 Å². The van der Waals surface area contributed by atoms with Gasteiger partial charge in [-0.25, -0.2) is 0 Å². The quantitative estimate of drug-likeness (QED) is 0.663. The van der Waals surface area contributed by atoms with E-state index < -0.39 is 11.9 Å². The Kier molecular flexibility index (Phi) is 8.07. The number of esters is 1. The highest BCUT2D eigenvalue weighted by molar-refractivity contribution is 8.00. The molecule has 28 heavy (non-hydrogen) atoms. The first-order chi connectivity index (χ1) is 13.3. The average molecular weight is 401 g/mol. The fraction of sp³-hybridized carbons (Fsp3) is 0.286. The van der Waals surface area contributed by atoms with E-state index >= 15 is 0 Å². The SMILES string of the molecule is Cc1ccc(NC(=O)COC(=O)CSCC(=O)Nc2ccc(C)cc2C)cc1. The number of carbonyl (C=O) groups excluding carboxylic acids is 3. The van der Waals surface area contributed by atoms with Gasteiger partial charge in [-0.3, -0.25) is 14.4 Å². The fourth-order valence-electron chi connectivity index (χ4n) is 2.39. The Balaban J connectivity index is 1.64. The molecule has 0 unspecified atom stereocenters. The number of benzene rings is 2. The molecule has 2 rings (SSSR count). The summed E-state index contributed by atoms with van der Waals surface area (Å²) >= 11 is 1.14. The Hall–Kier alpha value is -2.80. The van der Waals surface area contributed by atoms with Gasteiger partial charge in [-0.2, -0.15) is 0 Å². The highest BCUT2D eigenvalue weighted by atomic mass is 32.2. The zero-order valence-corrected chi connectivity index (χ0v) is 17.0. The molecule has 6 nitrogen and oxygen atoms in total. The highest BCUT2D eigenvalue weighted by Gasteiger charge is 2.10. The van der Waals surface area contributed by atoms with Gasteiger partial charge in [0.2, 0.25) is 5.91 Å². The molecule has 7 heteroatoms. The van der Waals surface area contributed by atoms with Crippen molar-refractivity contribution < 1.29 is 19.1 Å². The normalized spacial score (nSPS) is 10.2. The lowest BCUT2D eigenvalue weighted by atomic mass is 10.1. The molecular formula is C21H24N2O4S. The lowest BCUT2D eigenvalue weighted by molar-refractivity contribution is -0.144. The van der Waals surface area contributed by atoms with E-state index in [9.17, 15) is 14.4 Å². The molecule has 2 N–H and O–H groups in total. The molecule has 2 aromatic rings. The van der Waals surface area contributed by atoms with E-state index in [1.807, 2.05) is 51.1 Å². The Labute approximate surface area is 169 Å². The number of hydrogen-bond donors (Lipinski definition) is 2. The first-order valence-electron chi connectivity index (χ1n) is 8.80. The van der Waals surface area contributed by atoms with Gasteiger partial charge in [-0.15, -0.1) is 11.8 Å². The van der Waals surface area contributed by atoms with Crippen molar-refractivity contribution in [3.05, 3.63) is 59.2 Å². The summed E-state index contributed by atoms with van der Waals surface area (Å²) in [5, 5.41) is 5.46. The van der Waals surface area contributed by atoms with Gasteiger partial charge in [0.05, 0.1) is 11.5 Å². The lowest BCUT2D eigenvalue weighted by Gasteiger charge is -2.09. The first-order valence-corrected chi connectivity index (χ1v) is 9.96. The van der Waals surface area contributed by atoms with Crippen molar-refractivity contribution in [3.8, 4) is 0 Å². The fourth-order valence-corrected chi connectivity index (χ4v) is 3.00. The second-order valence-corrected chi connectivity index (χ2v) is 7.42. The minimum Gasteiger partial charge on any atom is -0.455 e. The van der Waals surface area contributed by atoms with E-state index in [2.05, 4.69) is 10.6 Å². The van der Waals surface area contributed by atoms with Gasteiger partial charge in [-0.05, 0) is 44.5 Å².